The summed E-state index contributed by atoms with van der Waals surface area (Å²) in [6.45, 7) is 0. The molecule has 0 N–H and O–H groups in total. The molecule has 0 aromatic heterocycles. The lowest BCUT2D eigenvalue weighted by atomic mass is 9.89. The van der Waals surface area contributed by atoms with E-state index in [9.17, 15) is 4.79 Å². The fourth-order valence-corrected chi connectivity index (χ4v) is 6.68. The minimum atomic E-state index is -0.547. The van der Waals surface area contributed by atoms with Gasteiger partial charge in [-0.15, -0.1) is 0 Å². The highest BCUT2D eigenvalue weighted by atomic mass is 31.1. The van der Waals surface area contributed by atoms with E-state index in [4.69, 9.17) is 4.74 Å². The van der Waals surface area contributed by atoms with Gasteiger partial charge < -0.3 is 4.74 Å². The van der Waals surface area contributed by atoms with E-state index in [0.29, 0.717) is 5.66 Å². The Balaban J connectivity index is 2.02. The van der Waals surface area contributed by atoms with Crippen LogP contribution in [0.25, 0.3) is 0 Å². The number of rotatable bonds is 4. The van der Waals surface area contributed by atoms with Crippen LogP contribution in [0.15, 0.2) is 60.7 Å². The van der Waals surface area contributed by atoms with Gasteiger partial charge in [0.2, 0.25) is 0 Å². The first kappa shape index (κ1) is 16.2. The van der Waals surface area contributed by atoms with Crippen LogP contribution < -0.4 is 10.6 Å². The van der Waals surface area contributed by atoms with Crippen LogP contribution in [0.5, 0.6) is 0 Å². The molecule has 0 bridgehead atoms. The van der Waals surface area contributed by atoms with Gasteiger partial charge in [0.15, 0.2) is 0 Å². The van der Waals surface area contributed by atoms with Crippen LogP contribution in [0.3, 0.4) is 0 Å². The lowest BCUT2D eigenvalue weighted by Gasteiger charge is -2.36. The Morgan fingerprint density at radius 3 is 1.96 bits per heavy atom. The molecule has 1 saturated carbocycles. The number of benzene rings is 2. The number of methoxy groups -OCH3 is 1. The molecule has 2 aromatic carbocycles. The summed E-state index contributed by atoms with van der Waals surface area (Å²) in [5.41, 5.74) is 0.371. The van der Waals surface area contributed by atoms with E-state index in [1.807, 2.05) is 0 Å². The van der Waals surface area contributed by atoms with Gasteiger partial charge >= 0.3 is 5.97 Å². The van der Waals surface area contributed by atoms with Crippen LogP contribution in [0.4, 0.5) is 0 Å². The Hall–Kier alpha value is -1.66. The van der Waals surface area contributed by atoms with Gasteiger partial charge in [-0.1, -0.05) is 73.5 Å². The summed E-state index contributed by atoms with van der Waals surface area (Å²) in [7, 11) is 0.968. The van der Waals surface area contributed by atoms with Gasteiger partial charge in [-0.2, -0.15) is 0 Å². The summed E-state index contributed by atoms with van der Waals surface area (Å²) >= 11 is 0. The zero-order valence-electron chi connectivity index (χ0n) is 13.5. The van der Waals surface area contributed by atoms with Gasteiger partial charge in [-0.05, 0) is 31.4 Å². The third-order valence-corrected chi connectivity index (χ3v) is 7.62. The van der Waals surface area contributed by atoms with Crippen LogP contribution in [-0.2, 0) is 9.53 Å². The fraction of sp³-hybridized carbons (Fsp3) is 0.350. The van der Waals surface area contributed by atoms with Crippen molar-refractivity contribution in [3.8, 4) is 0 Å². The minimum absolute atomic E-state index is 0.0280. The lowest BCUT2D eigenvalue weighted by Crippen LogP contribution is -2.35. The van der Waals surface area contributed by atoms with Crippen molar-refractivity contribution in [1.82, 2.24) is 0 Å². The molecule has 2 atom stereocenters. The molecule has 0 heterocycles. The largest absolute Gasteiger partial charge is 0.469 e. The smallest absolute Gasteiger partial charge is 0.309 e. The zero-order valence-corrected chi connectivity index (χ0v) is 14.4. The topological polar surface area (TPSA) is 26.3 Å². The molecule has 0 aliphatic heterocycles. The maximum absolute atomic E-state index is 12.3. The monoisotopic (exact) mass is 326 g/mol. The molecule has 3 heteroatoms. The number of carbonyl (C=O) groups excluding carboxylic acids is 1. The quantitative estimate of drug-likeness (QED) is 0.630. The summed E-state index contributed by atoms with van der Waals surface area (Å²) in [5, 5.41) is 2.71. The van der Waals surface area contributed by atoms with Crippen molar-refractivity contribution in [2.75, 3.05) is 7.11 Å². The van der Waals surface area contributed by atoms with Gasteiger partial charge in [0.05, 0.1) is 13.0 Å². The van der Waals surface area contributed by atoms with E-state index in [2.05, 4.69) is 60.7 Å². The van der Waals surface area contributed by atoms with Crippen molar-refractivity contribution in [3.63, 3.8) is 0 Å². The van der Waals surface area contributed by atoms with Crippen molar-refractivity contribution in [2.45, 2.75) is 31.3 Å². The molecule has 0 spiro atoms. The Labute approximate surface area is 139 Å². The van der Waals surface area contributed by atoms with E-state index in [1.54, 1.807) is 0 Å². The fourth-order valence-electron chi connectivity index (χ4n) is 3.56. The van der Waals surface area contributed by atoms with Crippen LogP contribution in [0.2, 0.25) is 0 Å². The number of esters is 1. The van der Waals surface area contributed by atoms with E-state index >= 15 is 0 Å². The van der Waals surface area contributed by atoms with Crippen molar-refractivity contribution >= 4 is 24.5 Å². The maximum Gasteiger partial charge on any atom is 0.309 e. The van der Waals surface area contributed by atoms with Crippen molar-refractivity contribution < 1.29 is 9.53 Å². The first-order valence-corrected chi connectivity index (χ1v) is 9.69. The molecule has 0 unspecified atom stereocenters. The van der Waals surface area contributed by atoms with Crippen LogP contribution in [0.1, 0.15) is 25.7 Å². The maximum atomic E-state index is 12.3. The van der Waals surface area contributed by atoms with Gasteiger partial charge in [-0.3, -0.25) is 4.79 Å². The van der Waals surface area contributed by atoms with Crippen LogP contribution in [-0.4, -0.2) is 18.7 Å². The predicted octanol–water partition coefficient (Wildman–Crippen LogP) is 3.85. The summed E-state index contributed by atoms with van der Waals surface area (Å²) in [6, 6.07) is 21.4. The molecular formula is C20H23O2P. The molecule has 1 fully saturated rings. The molecule has 1 aliphatic rings. The molecule has 23 heavy (non-hydrogen) atoms. The average Bonchev–Trinajstić information content (AvgIpc) is 2.63. The second-order valence-electron chi connectivity index (χ2n) is 6.02. The standard InChI is InChI=1S/C20H23O2P/c1-22-20(21)18-14-8-9-15-19(18)23(16-10-4-2-5-11-16)17-12-6-3-7-13-17/h2-7,10-13,18-19H,8-9,14-15H2,1H3/t18-,19+/m1/s1. The zero-order chi connectivity index (χ0) is 16.1. The first-order chi connectivity index (χ1) is 11.3. The number of hydrogen-bond acceptors (Lipinski definition) is 2. The highest BCUT2D eigenvalue weighted by Gasteiger charge is 2.38. The molecular weight excluding hydrogens is 303 g/mol. The number of hydrogen-bond donors (Lipinski definition) is 0. The van der Waals surface area contributed by atoms with E-state index in [-0.39, 0.29) is 11.9 Å². The SMILES string of the molecule is COC(=O)[C@@H]1CCCC[C@@H]1P(c1ccccc1)c1ccccc1. The molecule has 0 amide bonds. The Kier molecular flexibility index (Phi) is 5.46. The highest BCUT2D eigenvalue weighted by Crippen LogP contribution is 2.49. The molecule has 2 aromatic rings. The van der Waals surface area contributed by atoms with Crippen molar-refractivity contribution in [2.24, 2.45) is 5.92 Å². The highest BCUT2D eigenvalue weighted by molar-refractivity contribution is 7.73. The summed E-state index contributed by atoms with van der Waals surface area (Å²) < 4.78 is 5.11. The van der Waals surface area contributed by atoms with Gasteiger partial charge in [0.1, 0.15) is 0 Å². The van der Waals surface area contributed by atoms with Crippen molar-refractivity contribution in [1.29, 1.82) is 0 Å². The Morgan fingerprint density at radius 2 is 1.43 bits per heavy atom. The average molecular weight is 326 g/mol. The molecule has 0 saturated heterocycles. The van der Waals surface area contributed by atoms with E-state index in [1.165, 1.54) is 24.1 Å². The minimum Gasteiger partial charge on any atom is -0.469 e. The number of carbonyl (C=O) groups is 1. The van der Waals surface area contributed by atoms with Crippen LogP contribution in [0, 0.1) is 5.92 Å². The van der Waals surface area contributed by atoms with Gasteiger partial charge in [0, 0.05) is 5.66 Å². The molecule has 120 valence electrons. The predicted molar refractivity (Wildman–Crippen MR) is 96.8 cm³/mol. The summed E-state index contributed by atoms with van der Waals surface area (Å²) in [6.07, 6.45) is 4.39. The normalized spacial score (nSPS) is 21.1. The number of ether oxygens (including phenoxy) is 1. The Bertz CT molecular complexity index is 587. The van der Waals surface area contributed by atoms with Crippen molar-refractivity contribution in [3.05, 3.63) is 60.7 Å². The first-order valence-electron chi connectivity index (χ1n) is 8.28. The summed E-state index contributed by atoms with van der Waals surface area (Å²) in [4.78, 5) is 12.3. The van der Waals surface area contributed by atoms with Gasteiger partial charge in [0.25, 0.3) is 0 Å². The third-order valence-electron chi connectivity index (χ3n) is 4.63. The second-order valence-corrected chi connectivity index (χ2v) is 8.46. The molecule has 1 aliphatic carbocycles. The van der Waals surface area contributed by atoms with E-state index < -0.39 is 7.92 Å². The molecule has 0 radical (unpaired) electrons. The van der Waals surface area contributed by atoms with Gasteiger partial charge in [-0.25, -0.2) is 0 Å². The Morgan fingerprint density at radius 1 is 0.913 bits per heavy atom. The van der Waals surface area contributed by atoms with Crippen LogP contribution >= 0.6 is 7.92 Å². The second kappa shape index (κ2) is 7.75. The van der Waals surface area contributed by atoms with E-state index in [0.717, 1.165) is 19.3 Å². The molecule has 2 nitrogen and oxygen atoms in total. The summed E-state index contributed by atoms with van der Waals surface area (Å²) in [5.74, 6) is -0.00524. The third kappa shape index (κ3) is 3.64. The lowest BCUT2D eigenvalue weighted by molar-refractivity contribution is -0.146. The molecule has 3 rings (SSSR count).